The van der Waals surface area contributed by atoms with Gasteiger partial charge in [-0.2, -0.15) is 0 Å². The summed E-state index contributed by atoms with van der Waals surface area (Å²) in [5.41, 5.74) is 1.43. The lowest BCUT2D eigenvalue weighted by molar-refractivity contribution is -0.120. The summed E-state index contributed by atoms with van der Waals surface area (Å²) >= 11 is 1.28. The molecule has 0 bridgehead atoms. The third kappa shape index (κ3) is 3.73. The number of benzene rings is 1. The molecule has 1 atom stereocenters. The highest BCUT2D eigenvalue weighted by atomic mass is 32.2. The number of nitrogens with zero attached hydrogens (tertiary/aromatic N) is 3. The van der Waals surface area contributed by atoms with E-state index >= 15 is 0 Å². The van der Waals surface area contributed by atoms with Gasteiger partial charge in [-0.1, -0.05) is 30.0 Å². The molecule has 0 spiro atoms. The molecule has 1 saturated carbocycles. The molecular weight excluding hydrogens is 360 g/mol. The molecule has 1 fully saturated rings. The zero-order chi connectivity index (χ0) is 19.0. The number of amides is 1. The van der Waals surface area contributed by atoms with Crippen LogP contribution in [0, 0.1) is 6.92 Å². The Bertz CT molecular complexity index is 1060. The lowest BCUT2D eigenvalue weighted by atomic mass is 10.2. The summed E-state index contributed by atoms with van der Waals surface area (Å²) in [5, 5.41) is 3.63. The standard InChI is InChI=1S/C20H20N4O2S/c1-12-7-10-17(21-11-12)24-19(26)15-5-3-4-6-16(15)23-20(24)27-13(2)18(25)22-14-8-9-14/h3-7,10-11,13-14H,8-9H2,1-2H3,(H,22,25). The number of carbonyl (C=O) groups is 1. The fourth-order valence-electron chi connectivity index (χ4n) is 2.74. The average Bonchev–Trinajstić information content (AvgIpc) is 3.47. The Balaban J connectivity index is 1.79. The quantitative estimate of drug-likeness (QED) is 0.544. The first-order chi connectivity index (χ1) is 13.0. The van der Waals surface area contributed by atoms with Gasteiger partial charge in [0.15, 0.2) is 5.16 Å². The van der Waals surface area contributed by atoms with Crippen molar-refractivity contribution in [2.24, 2.45) is 0 Å². The Morgan fingerprint density at radius 3 is 2.74 bits per heavy atom. The van der Waals surface area contributed by atoms with Crippen LogP contribution in [0.2, 0.25) is 0 Å². The first-order valence-corrected chi connectivity index (χ1v) is 9.83. The summed E-state index contributed by atoms with van der Waals surface area (Å²) < 4.78 is 1.49. The molecule has 1 N–H and O–H groups in total. The number of rotatable bonds is 5. The molecule has 1 aliphatic carbocycles. The summed E-state index contributed by atoms with van der Waals surface area (Å²) in [4.78, 5) is 34.6. The third-order valence-electron chi connectivity index (χ3n) is 4.44. The van der Waals surface area contributed by atoms with Gasteiger partial charge in [-0.3, -0.25) is 9.59 Å². The van der Waals surface area contributed by atoms with Gasteiger partial charge in [-0.05, 0) is 50.5 Å². The highest BCUT2D eigenvalue weighted by Crippen LogP contribution is 2.26. The van der Waals surface area contributed by atoms with Crippen molar-refractivity contribution >= 4 is 28.6 Å². The van der Waals surface area contributed by atoms with Crippen LogP contribution < -0.4 is 10.9 Å². The van der Waals surface area contributed by atoms with E-state index in [1.165, 1.54) is 16.3 Å². The molecule has 0 saturated heterocycles. The van der Waals surface area contributed by atoms with Crippen LogP contribution in [0.5, 0.6) is 0 Å². The first kappa shape index (κ1) is 17.7. The van der Waals surface area contributed by atoms with E-state index in [0.717, 1.165) is 18.4 Å². The van der Waals surface area contributed by atoms with Gasteiger partial charge in [0.2, 0.25) is 5.91 Å². The Labute approximate surface area is 161 Å². The van der Waals surface area contributed by atoms with E-state index in [1.807, 2.05) is 38.1 Å². The highest BCUT2D eigenvalue weighted by Gasteiger charge is 2.27. The van der Waals surface area contributed by atoms with Crippen molar-refractivity contribution < 1.29 is 4.79 Å². The largest absolute Gasteiger partial charge is 0.352 e. The number of carbonyl (C=O) groups excluding carboxylic acids is 1. The summed E-state index contributed by atoms with van der Waals surface area (Å²) in [6.07, 6.45) is 3.79. The number of para-hydroxylation sites is 1. The maximum Gasteiger partial charge on any atom is 0.267 e. The van der Waals surface area contributed by atoms with Crippen LogP contribution in [-0.2, 0) is 4.79 Å². The van der Waals surface area contributed by atoms with E-state index < -0.39 is 0 Å². The Morgan fingerprint density at radius 1 is 1.26 bits per heavy atom. The molecule has 27 heavy (non-hydrogen) atoms. The lowest BCUT2D eigenvalue weighted by Gasteiger charge is -2.16. The van der Waals surface area contributed by atoms with Crippen LogP contribution in [0.25, 0.3) is 16.7 Å². The molecule has 0 radical (unpaired) electrons. The second-order valence-corrected chi connectivity index (χ2v) is 8.10. The van der Waals surface area contributed by atoms with Crippen LogP contribution in [0.4, 0.5) is 0 Å². The van der Waals surface area contributed by atoms with E-state index in [-0.39, 0.29) is 16.7 Å². The summed E-state index contributed by atoms with van der Waals surface area (Å²) in [5.74, 6) is 0.467. The van der Waals surface area contributed by atoms with Crippen molar-refractivity contribution in [2.45, 2.75) is 43.1 Å². The zero-order valence-electron chi connectivity index (χ0n) is 15.2. The minimum absolute atomic E-state index is 0.0340. The van der Waals surface area contributed by atoms with Crippen LogP contribution in [-0.4, -0.2) is 31.7 Å². The summed E-state index contributed by atoms with van der Waals surface area (Å²) in [6, 6.07) is 11.2. The van der Waals surface area contributed by atoms with E-state index in [4.69, 9.17) is 0 Å². The average molecular weight is 380 g/mol. The molecule has 1 aliphatic rings. The number of hydrogen-bond acceptors (Lipinski definition) is 5. The van der Waals surface area contributed by atoms with Crippen LogP contribution in [0.3, 0.4) is 0 Å². The minimum atomic E-state index is -0.365. The van der Waals surface area contributed by atoms with Crippen molar-refractivity contribution in [1.82, 2.24) is 19.9 Å². The van der Waals surface area contributed by atoms with Crippen molar-refractivity contribution in [3.8, 4) is 5.82 Å². The molecule has 1 amide bonds. The molecule has 1 unspecified atom stereocenters. The predicted molar refractivity (Wildman–Crippen MR) is 106 cm³/mol. The Morgan fingerprint density at radius 2 is 2.04 bits per heavy atom. The fraction of sp³-hybridized carbons (Fsp3) is 0.300. The molecule has 0 aliphatic heterocycles. The Hall–Kier alpha value is -2.67. The number of hydrogen-bond donors (Lipinski definition) is 1. The van der Waals surface area contributed by atoms with Gasteiger partial charge in [0.05, 0.1) is 16.2 Å². The molecule has 138 valence electrons. The van der Waals surface area contributed by atoms with Crippen molar-refractivity contribution in [3.05, 3.63) is 58.5 Å². The number of aromatic nitrogens is 3. The number of thioether (sulfide) groups is 1. The SMILES string of the molecule is Cc1ccc(-n2c(SC(C)C(=O)NC3CC3)nc3ccccc3c2=O)nc1. The van der Waals surface area contributed by atoms with Gasteiger partial charge in [0.25, 0.3) is 5.56 Å². The molecular formula is C20H20N4O2S. The van der Waals surface area contributed by atoms with Gasteiger partial charge in [-0.25, -0.2) is 14.5 Å². The van der Waals surface area contributed by atoms with E-state index in [0.29, 0.717) is 27.9 Å². The molecule has 1 aromatic carbocycles. The zero-order valence-corrected chi connectivity index (χ0v) is 16.0. The number of nitrogens with one attached hydrogen (secondary N) is 1. The fourth-order valence-corrected chi connectivity index (χ4v) is 3.67. The van der Waals surface area contributed by atoms with Gasteiger partial charge in [0, 0.05) is 12.2 Å². The molecule has 7 heteroatoms. The van der Waals surface area contributed by atoms with Crippen LogP contribution in [0.15, 0.2) is 52.5 Å². The summed E-state index contributed by atoms with van der Waals surface area (Å²) in [7, 11) is 0. The molecule has 6 nitrogen and oxygen atoms in total. The summed E-state index contributed by atoms with van der Waals surface area (Å²) in [6.45, 7) is 3.77. The van der Waals surface area contributed by atoms with Gasteiger partial charge in [-0.15, -0.1) is 0 Å². The van der Waals surface area contributed by atoms with Crippen LogP contribution >= 0.6 is 11.8 Å². The van der Waals surface area contributed by atoms with E-state index in [2.05, 4.69) is 15.3 Å². The normalized spacial score (nSPS) is 14.9. The second kappa shape index (κ2) is 7.15. The molecule has 4 rings (SSSR count). The smallest absolute Gasteiger partial charge is 0.267 e. The minimum Gasteiger partial charge on any atom is -0.352 e. The third-order valence-corrected chi connectivity index (χ3v) is 5.50. The number of aryl methyl sites for hydroxylation is 1. The van der Waals surface area contributed by atoms with E-state index in [9.17, 15) is 9.59 Å². The Kier molecular flexibility index (Phi) is 4.70. The molecule has 3 aromatic rings. The maximum atomic E-state index is 13.1. The first-order valence-electron chi connectivity index (χ1n) is 8.95. The van der Waals surface area contributed by atoms with Gasteiger partial charge < -0.3 is 5.32 Å². The molecule has 2 heterocycles. The van der Waals surface area contributed by atoms with Crippen LogP contribution in [0.1, 0.15) is 25.3 Å². The monoisotopic (exact) mass is 380 g/mol. The van der Waals surface area contributed by atoms with Crippen molar-refractivity contribution in [2.75, 3.05) is 0 Å². The predicted octanol–water partition coefficient (Wildman–Crippen LogP) is 2.85. The van der Waals surface area contributed by atoms with E-state index in [1.54, 1.807) is 18.3 Å². The highest BCUT2D eigenvalue weighted by molar-refractivity contribution is 8.00. The number of pyridine rings is 1. The van der Waals surface area contributed by atoms with Crippen molar-refractivity contribution in [3.63, 3.8) is 0 Å². The second-order valence-electron chi connectivity index (χ2n) is 6.79. The lowest BCUT2D eigenvalue weighted by Crippen LogP contribution is -2.33. The topological polar surface area (TPSA) is 76.9 Å². The number of fused-ring (bicyclic) bond motifs is 1. The maximum absolute atomic E-state index is 13.1. The van der Waals surface area contributed by atoms with Gasteiger partial charge >= 0.3 is 0 Å². The molecule has 2 aromatic heterocycles. The van der Waals surface area contributed by atoms with Crippen molar-refractivity contribution in [1.29, 1.82) is 0 Å². The van der Waals surface area contributed by atoms with Gasteiger partial charge in [0.1, 0.15) is 5.82 Å².